The lowest BCUT2D eigenvalue weighted by molar-refractivity contribution is 0.0483. The van der Waals surface area contributed by atoms with Gasteiger partial charge in [-0.3, -0.25) is 0 Å². The van der Waals surface area contributed by atoms with Crippen LogP contribution in [0.3, 0.4) is 0 Å². The maximum absolute atomic E-state index is 10.9. The van der Waals surface area contributed by atoms with E-state index in [2.05, 4.69) is 23.2 Å². The number of aryl methyl sites for hydroxylation is 1. The van der Waals surface area contributed by atoms with Gasteiger partial charge in [0.25, 0.3) is 0 Å². The van der Waals surface area contributed by atoms with E-state index < -0.39 is 5.60 Å². The minimum atomic E-state index is -0.795. The molecule has 22 heavy (non-hydrogen) atoms. The Morgan fingerprint density at radius 1 is 1.32 bits per heavy atom. The molecule has 3 rings (SSSR count). The molecule has 122 valence electrons. The molecular weight excluding hydrogens is 389 g/mol. The van der Waals surface area contributed by atoms with Crippen LogP contribution in [0.1, 0.15) is 37.3 Å². The highest BCUT2D eigenvalue weighted by molar-refractivity contribution is 14.0. The highest BCUT2D eigenvalue weighted by atomic mass is 127. The Labute approximate surface area is 150 Å². The van der Waals surface area contributed by atoms with Crippen molar-refractivity contribution in [2.24, 2.45) is 4.99 Å². The Bertz CT molecular complexity index is 528. The summed E-state index contributed by atoms with van der Waals surface area (Å²) in [5, 5.41) is 14.3. The average molecular weight is 415 g/mol. The third kappa shape index (κ3) is 3.56. The van der Waals surface area contributed by atoms with Gasteiger partial charge in [0.15, 0.2) is 5.96 Å². The van der Waals surface area contributed by atoms with Gasteiger partial charge in [-0.05, 0) is 43.7 Å². The Hall–Kier alpha value is -0.820. The van der Waals surface area contributed by atoms with E-state index in [-0.39, 0.29) is 24.0 Å². The fourth-order valence-electron chi connectivity index (χ4n) is 3.39. The molecule has 1 fully saturated rings. The molecule has 4 nitrogen and oxygen atoms in total. The summed E-state index contributed by atoms with van der Waals surface area (Å²) >= 11 is 0. The van der Waals surface area contributed by atoms with Gasteiger partial charge in [-0.15, -0.1) is 24.0 Å². The highest BCUT2D eigenvalue weighted by Gasteiger charge is 2.36. The number of guanidine groups is 1. The quantitative estimate of drug-likeness (QED) is 0.453. The standard InChI is InChI=1S/C17H25N3O.HI/c1-2-18-16(20-11-5-6-12-20)19-13-17(21)10-9-14-7-3-4-8-15(14)17;/h3-4,7-8,21H,2,5-6,9-13H2,1H3,(H,18,19);1H. The zero-order valence-electron chi connectivity index (χ0n) is 13.2. The number of fused-ring (bicyclic) bond motifs is 1. The molecule has 0 aromatic heterocycles. The second-order valence-corrected chi connectivity index (χ2v) is 6.05. The van der Waals surface area contributed by atoms with Gasteiger partial charge in [0.1, 0.15) is 5.60 Å². The number of hydrogen-bond donors (Lipinski definition) is 2. The molecule has 1 saturated heterocycles. The Kier molecular flexibility index (Phi) is 6.09. The van der Waals surface area contributed by atoms with Crippen molar-refractivity contribution in [2.45, 2.75) is 38.2 Å². The third-order valence-corrected chi connectivity index (χ3v) is 4.56. The SMILES string of the molecule is CCNC(=NCC1(O)CCc2ccccc21)N1CCCC1.I. The minimum Gasteiger partial charge on any atom is -0.383 e. The number of likely N-dealkylation sites (tertiary alicyclic amines) is 1. The van der Waals surface area contributed by atoms with Crippen molar-refractivity contribution in [3.05, 3.63) is 35.4 Å². The molecule has 2 N–H and O–H groups in total. The van der Waals surface area contributed by atoms with Crippen molar-refractivity contribution < 1.29 is 5.11 Å². The molecular formula is C17H26IN3O. The normalized spacial score (nSPS) is 24.1. The molecule has 0 amide bonds. The molecule has 0 saturated carbocycles. The number of nitrogens with zero attached hydrogens (tertiary/aromatic N) is 2. The predicted molar refractivity (Wildman–Crippen MR) is 101 cm³/mol. The van der Waals surface area contributed by atoms with Gasteiger partial charge in [-0.1, -0.05) is 24.3 Å². The second kappa shape index (κ2) is 7.64. The van der Waals surface area contributed by atoms with E-state index in [0.717, 1.165) is 44.0 Å². The lowest BCUT2D eigenvalue weighted by Crippen LogP contribution is -2.41. The van der Waals surface area contributed by atoms with Gasteiger partial charge in [0, 0.05) is 19.6 Å². The van der Waals surface area contributed by atoms with Crippen LogP contribution in [0.4, 0.5) is 0 Å². The highest BCUT2D eigenvalue weighted by Crippen LogP contribution is 2.36. The van der Waals surface area contributed by atoms with E-state index >= 15 is 0 Å². The van der Waals surface area contributed by atoms with Gasteiger partial charge in [-0.25, -0.2) is 4.99 Å². The van der Waals surface area contributed by atoms with Crippen molar-refractivity contribution in [1.82, 2.24) is 10.2 Å². The number of benzene rings is 1. The smallest absolute Gasteiger partial charge is 0.194 e. The summed E-state index contributed by atoms with van der Waals surface area (Å²) < 4.78 is 0. The summed E-state index contributed by atoms with van der Waals surface area (Å²) in [4.78, 5) is 7.03. The molecule has 1 unspecified atom stereocenters. The molecule has 1 aromatic carbocycles. The van der Waals surface area contributed by atoms with Crippen LogP contribution in [-0.2, 0) is 12.0 Å². The molecule has 1 heterocycles. The lowest BCUT2D eigenvalue weighted by Gasteiger charge is -2.25. The molecule has 0 radical (unpaired) electrons. The van der Waals surface area contributed by atoms with Gasteiger partial charge in [0.2, 0.25) is 0 Å². The first-order valence-electron chi connectivity index (χ1n) is 8.07. The number of aliphatic imine (C=N–C) groups is 1. The zero-order chi connectivity index (χ0) is 14.7. The monoisotopic (exact) mass is 415 g/mol. The zero-order valence-corrected chi connectivity index (χ0v) is 15.5. The van der Waals surface area contributed by atoms with E-state index in [1.165, 1.54) is 18.4 Å². The summed E-state index contributed by atoms with van der Waals surface area (Å²) in [6.07, 6.45) is 4.19. The van der Waals surface area contributed by atoms with Gasteiger partial charge in [0.05, 0.1) is 6.54 Å². The van der Waals surface area contributed by atoms with Crippen LogP contribution in [0.5, 0.6) is 0 Å². The average Bonchev–Trinajstić information content (AvgIpc) is 3.13. The Balaban J connectivity index is 0.00000176. The molecule has 5 heteroatoms. The number of aliphatic hydroxyl groups is 1. The van der Waals surface area contributed by atoms with Crippen molar-refractivity contribution in [3.63, 3.8) is 0 Å². The summed E-state index contributed by atoms with van der Waals surface area (Å²) in [7, 11) is 0. The lowest BCUT2D eigenvalue weighted by atomic mass is 9.96. The second-order valence-electron chi connectivity index (χ2n) is 6.05. The summed E-state index contributed by atoms with van der Waals surface area (Å²) in [6.45, 7) is 5.54. The van der Waals surface area contributed by atoms with Gasteiger partial charge >= 0.3 is 0 Å². The topological polar surface area (TPSA) is 47.9 Å². The number of rotatable bonds is 3. The van der Waals surface area contributed by atoms with Crippen LogP contribution in [-0.4, -0.2) is 42.1 Å². The predicted octanol–water partition coefficient (Wildman–Crippen LogP) is 2.50. The molecule has 1 aromatic rings. The first-order valence-corrected chi connectivity index (χ1v) is 8.07. The molecule has 1 atom stereocenters. The van der Waals surface area contributed by atoms with Gasteiger partial charge in [-0.2, -0.15) is 0 Å². The molecule has 2 aliphatic rings. The first kappa shape index (κ1) is 17.5. The Morgan fingerprint density at radius 3 is 2.77 bits per heavy atom. The molecule has 1 aliphatic heterocycles. The van der Waals surface area contributed by atoms with E-state index in [9.17, 15) is 5.11 Å². The van der Waals surface area contributed by atoms with E-state index in [1.54, 1.807) is 0 Å². The third-order valence-electron chi connectivity index (χ3n) is 4.56. The van der Waals surface area contributed by atoms with E-state index in [0.29, 0.717) is 6.54 Å². The number of hydrogen-bond acceptors (Lipinski definition) is 2. The number of halogens is 1. The number of nitrogens with one attached hydrogen (secondary N) is 1. The van der Waals surface area contributed by atoms with Crippen molar-refractivity contribution in [2.75, 3.05) is 26.2 Å². The van der Waals surface area contributed by atoms with Crippen molar-refractivity contribution in [1.29, 1.82) is 0 Å². The summed E-state index contributed by atoms with van der Waals surface area (Å²) in [6, 6.07) is 8.20. The van der Waals surface area contributed by atoms with Crippen molar-refractivity contribution in [3.8, 4) is 0 Å². The fraction of sp³-hybridized carbons (Fsp3) is 0.588. The van der Waals surface area contributed by atoms with Crippen LogP contribution in [0.2, 0.25) is 0 Å². The fourth-order valence-corrected chi connectivity index (χ4v) is 3.39. The molecule has 0 spiro atoms. The summed E-state index contributed by atoms with van der Waals surface area (Å²) in [5.74, 6) is 0.952. The first-order chi connectivity index (χ1) is 10.2. The van der Waals surface area contributed by atoms with E-state index in [4.69, 9.17) is 4.99 Å². The molecule has 0 bridgehead atoms. The largest absolute Gasteiger partial charge is 0.383 e. The van der Waals surface area contributed by atoms with Gasteiger partial charge < -0.3 is 15.3 Å². The summed E-state index contributed by atoms with van der Waals surface area (Å²) in [5.41, 5.74) is 1.53. The Morgan fingerprint density at radius 2 is 2.05 bits per heavy atom. The maximum atomic E-state index is 10.9. The van der Waals surface area contributed by atoms with Crippen LogP contribution >= 0.6 is 24.0 Å². The van der Waals surface area contributed by atoms with Crippen LogP contribution in [0.15, 0.2) is 29.3 Å². The minimum absolute atomic E-state index is 0. The van der Waals surface area contributed by atoms with Crippen LogP contribution in [0.25, 0.3) is 0 Å². The van der Waals surface area contributed by atoms with E-state index in [1.807, 2.05) is 18.2 Å². The molecule has 1 aliphatic carbocycles. The van der Waals surface area contributed by atoms with Crippen molar-refractivity contribution >= 4 is 29.9 Å². The van der Waals surface area contributed by atoms with Crippen LogP contribution in [0, 0.1) is 0 Å². The van der Waals surface area contributed by atoms with Crippen LogP contribution < -0.4 is 5.32 Å². The maximum Gasteiger partial charge on any atom is 0.194 e.